The first-order valence-corrected chi connectivity index (χ1v) is 8.29. The van der Waals surface area contributed by atoms with E-state index in [1.807, 2.05) is 31.2 Å². The lowest BCUT2D eigenvalue weighted by molar-refractivity contribution is 0.102. The minimum atomic E-state index is -0.371. The Kier molecular flexibility index (Phi) is 5.29. The molecule has 0 saturated heterocycles. The van der Waals surface area contributed by atoms with Crippen LogP contribution in [0.1, 0.15) is 26.3 Å². The number of hydrogen-bond donors (Lipinski definition) is 2. The molecule has 26 heavy (non-hydrogen) atoms. The van der Waals surface area contributed by atoms with Gasteiger partial charge in [0.25, 0.3) is 11.8 Å². The van der Waals surface area contributed by atoms with Crippen molar-refractivity contribution >= 4 is 34.8 Å². The maximum atomic E-state index is 12.4. The van der Waals surface area contributed by atoms with Crippen LogP contribution in [0.3, 0.4) is 0 Å². The molecule has 6 heteroatoms. The third kappa shape index (κ3) is 4.46. The highest BCUT2D eigenvalue weighted by molar-refractivity contribution is 6.31. The van der Waals surface area contributed by atoms with E-state index < -0.39 is 0 Å². The lowest BCUT2D eigenvalue weighted by Crippen LogP contribution is -2.16. The van der Waals surface area contributed by atoms with E-state index in [1.165, 1.54) is 18.5 Å². The van der Waals surface area contributed by atoms with Crippen LogP contribution in [-0.4, -0.2) is 16.8 Å². The average molecular weight is 366 g/mol. The van der Waals surface area contributed by atoms with Crippen LogP contribution in [0, 0.1) is 6.92 Å². The Bertz CT molecular complexity index is 955. The van der Waals surface area contributed by atoms with Gasteiger partial charge in [0.15, 0.2) is 0 Å². The highest BCUT2D eigenvalue weighted by atomic mass is 35.5. The molecular weight excluding hydrogens is 350 g/mol. The highest BCUT2D eigenvalue weighted by Gasteiger charge is 2.12. The average Bonchev–Trinajstić information content (AvgIpc) is 2.64. The minimum absolute atomic E-state index is 0.279. The summed E-state index contributed by atoms with van der Waals surface area (Å²) in [5.74, 6) is -0.705. The summed E-state index contributed by atoms with van der Waals surface area (Å²) in [6.07, 6.45) is 2.82. The molecule has 0 aliphatic rings. The highest BCUT2D eigenvalue weighted by Crippen LogP contribution is 2.16. The van der Waals surface area contributed by atoms with Crippen LogP contribution in [0.5, 0.6) is 0 Å². The Morgan fingerprint density at radius 1 is 0.846 bits per heavy atom. The van der Waals surface area contributed by atoms with Crippen LogP contribution >= 0.6 is 11.6 Å². The van der Waals surface area contributed by atoms with Gasteiger partial charge in [-0.2, -0.15) is 0 Å². The number of anilines is 2. The number of carbonyl (C=O) groups excluding carboxylic acids is 2. The number of amides is 2. The van der Waals surface area contributed by atoms with Gasteiger partial charge in [-0.3, -0.25) is 14.6 Å². The molecule has 0 fully saturated rings. The number of hydrogen-bond acceptors (Lipinski definition) is 3. The van der Waals surface area contributed by atoms with Crippen LogP contribution in [0.25, 0.3) is 0 Å². The first-order chi connectivity index (χ1) is 12.5. The fourth-order valence-electron chi connectivity index (χ4n) is 2.30. The number of aromatic nitrogens is 1. The Labute approximate surface area is 156 Å². The number of nitrogens with one attached hydrogen (secondary N) is 2. The third-order valence-electron chi connectivity index (χ3n) is 3.65. The molecule has 3 rings (SSSR count). The summed E-state index contributed by atoms with van der Waals surface area (Å²) in [5.41, 5.74) is 2.92. The van der Waals surface area contributed by atoms with Crippen molar-refractivity contribution in [2.75, 3.05) is 10.6 Å². The molecule has 0 spiro atoms. The lowest BCUT2D eigenvalue weighted by Gasteiger charge is -2.08. The molecule has 0 aliphatic heterocycles. The van der Waals surface area contributed by atoms with Gasteiger partial charge in [0, 0.05) is 28.8 Å². The van der Waals surface area contributed by atoms with Gasteiger partial charge in [-0.25, -0.2) is 0 Å². The molecule has 0 atom stereocenters. The molecule has 0 bridgehead atoms. The monoisotopic (exact) mass is 365 g/mol. The van der Waals surface area contributed by atoms with Gasteiger partial charge in [0.2, 0.25) is 0 Å². The Hall–Kier alpha value is -3.18. The second-order valence-electron chi connectivity index (χ2n) is 5.75. The maximum absolute atomic E-state index is 12.4. The van der Waals surface area contributed by atoms with Gasteiger partial charge in [0.1, 0.15) is 0 Å². The molecule has 0 saturated carbocycles. The molecule has 0 aliphatic carbocycles. The molecule has 1 heterocycles. The summed E-state index contributed by atoms with van der Waals surface area (Å²) in [4.78, 5) is 28.7. The Balaban J connectivity index is 1.73. The zero-order valence-electron chi connectivity index (χ0n) is 14.0. The number of pyridine rings is 1. The molecular formula is C20H16ClN3O2. The summed E-state index contributed by atoms with van der Waals surface area (Å²) < 4.78 is 0. The van der Waals surface area contributed by atoms with E-state index >= 15 is 0 Å². The van der Waals surface area contributed by atoms with Crippen LogP contribution < -0.4 is 10.6 Å². The van der Waals surface area contributed by atoms with Gasteiger partial charge in [-0.1, -0.05) is 35.4 Å². The molecule has 130 valence electrons. The van der Waals surface area contributed by atoms with Gasteiger partial charge < -0.3 is 10.6 Å². The van der Waals surface area contributed by atoms with E-state index in [4.69, 9.17) is 11.6 Å². The number of benzene rings is 2. The van der Waals surface area contributed by atoms with E-state index in [-0.39, 0.29) is 17.4 Å². The first-order valence-electron chi connectivity index (χ1n) is 7.91. The number of rotatable bonds is 4. The van der Waals surface area contributed by atoms with E-state index in [2.05, 4.69) is 15.6 Å². The van der Waals surface area contributed by atoms with Crippen molar-refractivity contribution < 1.29 is 9.59 Å². The van der Waals surface area contributed by atoms with E-state index in [1.54, 1.807) is 24.3 Å². The molecule has 1 aromatic heterocycles. The summed E-state index contributed by atoms with van der Waals surface area (Å²) in [5, 5.41) is 6.03. The predicted octanol–water partition coefficient (Wildman–Crippen LogP) is 4.55. The van der Waals surface area contributed by atoms with Crippen molar-refractivity contribution in [3.63, 3.8) is 0 Å². The van der Waals surface area contributed by atoms with Crippen molar-refractivity contribution in [2.24, 2.45) is 0 Å². The van der Waals surface area contributed by atoms with Crippen LogP contribution in [0.15, 0.2) is 67.0 Å². The summed E-state index contributed by atoms with van der Waals surface area (Å²) in [7, 11) is 0. The SMILES string of the molecule is Cc1ccc(NC(=O)c2cncc(C(=O)Nc3cccc(Cl)c3)c2)cc1. The van der Waals surface area contributed by atoms with Crippen molar-refractivity contribution in [1.29, 1.82) is 0 Å². The number of nitrogens with zero attached hydrogens (tertiary/aromatic N) is 1. The quantitative estimate of drug-likeness (QED) is 0.712. The summed E-state index contributed by atoms with van der Waals surface area (Å²) in [6, 6.07) is 15.8. The Morgan fingerprint density at radius 3 is 2.08 bits per heavy atom. The molecule has 2 aromatic carbocycles. The Morgan fingerprint density at radius 2 is 1.46 bits per heavy atom. The number of carbonyl (C=O) groups is 2. The van der Waals surface area contributed by atoms with Crippen molar-refractivity contribution in [3.05, 3.63) is 88.7 Å². The van der Waals surface area contributed by atoms with E-state index in [0.717, 1.165) is 5.56 Å². The topological polar surface area (TPSA) is 71.1 Å². The van der Waals surface area contributed by atoms with Gasteiger partial charge in [-0.05, 0) is 43.3 Å². The fourth-order valence-corrected chi connectivity index (χ4v) is 2.49. The molecule has 3 aromatic rings. The van der Waals surface area contributed by atoms with Gasteiger partial charge in [-0.15, -0.1) is 0 Å². The molecule has 2 amide bonds. The minimum Gasteiger partial charge on any atom is -0.322 e. The summed E-state index contributed by atoms with van der Waals surface area (Å²) in [6.45, 7) is 1.97. The zero-order chi connectivity index (χ0) is 18.5. The van der Waals surface area contributed by atoms with Crippen molar-refractivity contribution in [3.8, 4) is 0 Å². The largest absolute Gasteiger partial charge is 0.322 e. The number of aryl methyl sites for hydroxylation is 1. The second-order valence-corrected chi connectivity index (χ2v) is 6.18. The predicted molar refractivity (Wildman–Crippen MR) is 103 cm³/mol. The lowest BCUT2D eigenvalue weighted by atomic mass is 10.1. The summed E-state index contributed by atoms with van der Waals surface area (Å²) >= 11 is 5.91. The van der Waals surface area contributed by atoms with Gasteiger partial charge in [0.05, 0.1) is 11.1 Å². The normalized spacial score (nSPS) is 10.2. The third-order valence-corrected chi connectivity index (χ3v) is 3.89. The maximum Gasteiger partial charge on any atom is 0.257 e. The van der Waals surface area contributed by atoms with Gasteiger partial charge >= 0.3 is 0 Å². The molecule has 5 nitrogen and oxygen atoms in total. The van der Waals surface area contributed by atoms with Crippen LogP contribution in [-0.2, 0) is 0 Å². The van der Waals surface area contributed by atoms with E-state index in [9.17, 15) is 9.59 Å². The number of halogens is 1. The molecule has 2 N–H and O–H groups in total. The second kappa shape index (κ2) is 7.80. The first kappa shape index (κ1) is 17.6. The zero-order valence-corrected chi connectivity index (χ0v) is 14.7. The van der Waals surface area contributed by atoms with Crippen molar-refractivity contribution in [1.82, 2.24) is 4.98 Å². The van der Waals surface area contributed by atoms with Crippen LogP contribution in [0.4, 0.5) is 11.4 Å². The van der Waals surface area contributed by atoms with Crippen LogP contribution in [0.2, 0.25) is 5.02 Å². The molecule has 0 unspecified atom stereocenters. The molecule has 0 radical (unpaired) electrons. The van der Waals surface area contributed by atoms with Crippen molar-refractivity contribution in [2.45, 2.75) is 6.92 Å². The standard InChI is InChI=1S/C20H16ClN3O2/c1-13-5-7-17(8-6-13)23-19(25)14-9-15(12-22-11-14)20(26)24-18-4-2-3-16(21)10-18/h2-12H,1H3,(H,23,25)(H,24,26). The smallest absolute Gasteiger partial charge is 0.257 e. The van der Waals surface area contributed by atoms with E-state index in [0.29, 0.717) is 22.0 Å². The fraction of sp³-hybridized carbons (Fsp3) is 0.0500.